The molecular formula is C14H16F2N4O2S. The third-order valence-corrected chi connectivity index (χ3v) is 4.10. The van der Waals surface area contributed by atoms with Crippen LogP contribution in [0.5, 0.6) is 0 Å². The Bertz CT molecular complexity index is 759. The van der Waals surface area contributed by atoms with Gasteiger partial charge in [-0.1, -0.05) is 18.7 Å². The van der Waals surface area contributed by atoms with Crippen LogP contribution >= 0.6 is 11.8 Å². The van der Waals surface area contributed by atoms with E-state index in [4.69, 9.17) is 0 Å². The first-order valence-electron chi connectivity index (χ1n) is 7.00. The molecule has 0 radical (unpaired) electrons. The Morgan fingerprint density at radius 2 is 2.17 bits per heavy atom. The lowest BCUT2D eigenvalue weighted by Crippen LogP contribution is -2.24. The Labute approximate surface area is 135 Å². The summed E-state index contributed by atoms with van der Waals surface area (Å²) in [5, 5.41) is 8.56. The highest BCUT2D eigenvalue weighted by molar-refractivity contribution is 8.00. The van der Waals surface area contributed by atoms with Gasteiger partial charge >= 0.3 is 5.69 Å². The van der Waals surface area contributed by atoms with Crippen LogP contribution in [0.25, 0.3) is 0 Å². The molecule has 0 aliphatic heterocycles. The van der Waals surface area contributed by atoms with Gasteiger partial charge in [0.25, 0.3) is 0 Å². The molecule has 1 aromatic heterocycles. The highest BCUT2D eigenvalue weighted by atomic mass is 32.2. The number of aromatic nitrogens is 3. The number of benzene rings is 1. The van der Waals surface area contributed by atoms with Gasteiger partial charge in [-0.25, -0.2) is 18.7 Å². The van der Waals surface area contributed by atoms with Crippen LogP contribution in [0.1, 0.15) is 20.3 Å². The summed E-state index contributed by atoms with van der Waals surface area (Å²) >= 11 is 1.11. The molecule has 1 amide bonds. The fourth-order valence-corrected chi connectivity index (χ4v) is 2.73. The van der Waals surface area contributed by atoms with Gasteiger partial charge in [0.05, 0.1) is 5.25 Å². The number of amides is 1. The fraction of sp³-hybridized carbons (Fsp3) is 0.357. The number of hydrogen-bond acceptors (Lipinski definition) is 4. The maximum Gasteiger partial charge on any atom is 0.343 e. The van der Waals surface area contributed by atoms with E-state index in [-0.39, 0.29) is 11.4 Å². The van der Waals surface area contributed by atoms with E-state index >= 15 is 0 Å². The number of H-pyrrole nitrogens is 1. The Kier molecular flexibility index (Phi) is 5.54. The summed E-state index contributed by atoms with van der Waals surface area (Å²) in [4.78, 5) is 23.7. The lowest BCUT2D eigenvalue weighted by Gasteiger charge is -2.12. The van der Waals surface area contributed by atoms with Gasteiger partial charge in [-0.3, -0.25) is 9.36 Å². The second kappa shape index (κ2) is 7.40. The van der Waals surface area contributed by atoms with Gasteiger partial charge < -0.3 is 5.32 Å². The van der Waals surface area contributed by atoms with Gasteiger partial charge in [0.15, 0.2) is 16.8 Å². The second-order valence-electron chi connectivity index (χ2n) is 4.84. The first-order valence-corrected chi connectivity index (χ1v) is 7.88. The molecule has 9 heteroatoms. The molecule has 0 aliphatic rings. The number of anilines is 1. The number of thioether (sulfide) groups is 1. The molecule has 124 valence electrons. The highest BCUT2D eigenvalue weighted by Crippen LogP contribution is 2.22. The maximum absolute atomic E-state index is 13.1. The molecule has 0 saturated heterocycles. The van der Waals surface area contributed by atoms with Crippen molar-refractivity contribution in [3.8, 4) is 0 Å². The summed E-state index contributed by atoms with van der Waals surface area (Å²) in [6.45, 7) is 4.05. The number of hydrogen-bond donors (Lipinski definition) is 2. The van der Waals surface area contributed by atoms with Gasteiger partial charge in [0.2, 0.25) is 5.91 Å². The molecule has 1 aromatic carbocycles. The zero-order valence-electron chi connectivity index (χ0n) is 12.6. The summed E-state index contributed by atoms with van der Waals surface area (Å²) in [6.07, 6.45) is 0.752. The first kappa shape index (κ1) is 17.2. The molecule has 1 atom stereocenters. The number of rotatable bonds is 6. The molecule has 23 heavy (non-hydrogen) atoms. The van der Waals surface area contributed by atoms with E-state index in [9.17, 15) is 18.4 Å². The molecule has 0 fully saturated rings. The number of nitrogens with one attached hydrogen (secondary N) is 2. The lowest BCUT2D eigenvalue weighted by atomic mass is 10.3. The van der Waals surface area contributed by atoms with Crippen LogP contribution in [-0.4, -0.2) is 25.9 Å². The first-order chi connectivity index (χ1) is 10.9. The van der Waals surface area contributed by atoms with Crippen LogP contribution in [0.2, 0.25) is 0 Å². The van der Waals surface area contributed by atoms with E-state index in [1.54, 1.807) is 6.92 Å². The average Bonchev–Trinajstić information content (AvgIpc) is 2.84. The normalized spacial score (nSPS) is 12.2. The van der Waals surface area contributed by atoms with Crippen LogP contribution < -0.4 is 11.0 Å². The van der Waals surface area contributed by atoms with E-state index < -0.39 is 22.8 Å². The van der Waals surface area contributed by atoms with E-state index in [0.717, 1.165) is 30.3 Å². The molecule has 2 N–H and O–H groups in total. The van der Waals surface area contributed by atoms with E-state index in [1.165, 1.54) is 10.6 Å². The molecule has 0 spiro atoms. The summed E-state index contributed by atoms with van der Waals surface area (Å²) in [5.41, 5.74) is -0.170. The quantitative estimate of drug-likeness (QED) is 0.790. The number of aromatic amines is 1. The van der Waals surface area contributed by atoms with E-state index in [1.807, 2.05) is 6.92 Å². The standard InChI is InChI=1S/C14H16F2N4O2S/c1-3-6-20-13(22)18-19-14(20)23-8(2)12(21)17-9-4-5-10(15)11(16)7-9/h4-5,7-8H,3,6H2,1-2H3,(H,17,21)(H,18,22)/t8-/m1/s1. The number of carbonyl (C=O) groups excluding carboxylic acids is 1. The molecule has 1 heterocycles. The monoisotopic (exact) mass is 342 g/mol. The Hall–Kier alpha value is -2.16. The van der Waals surface area contributed by atoms with Gasteiger partial charge in [-0.2, -0.15) is 0 Å². The fourth-order valence-electron chi connectivity index (χ4n) is 1.84. The van der Waals surface area contributed by atoms with Crippen LogP contribution in [0, 0.1) is 11.6 Å². The summed E-state index contributed by atoms with van der Waals surface area (Å²) in [5.74, 6) is -2.42. The van der Waals surface area contributed by atoms with Gasteiger partial charge in [-0.15, -0.1) is 5.10 Å². The van der Waals surface area contributed by atoms with Crippen molar-refractivity contribution in [2.45, 2.75) is 37.2 Å². The SMILES string of the molecule is CCCn1c(S[C@H](C)C(=O)Nc2ccc(F)c(F)c2)n[nH]c1=O. The van der Waals surface area contributed by atoms with Crippen LogP contribution in [0.4, 0.5) is 14.5 Å². The third kappa shape index (κ3) is 4.19. The van der Waals surface area contributed by atoms with Crippen LogP contribution in [-0.2, 0) is 11.3 Å². The predicted octanol–water partition coefficient (Wildman–Crippen LogP) is 2.38. The van der Waals surface area contributed by atoms with E-state index in [2.05, 4.69) is 15.5 Å². The molecule has 6 nitrogen and oxygen atoms in total. The molecule has 0 bridgehead atoms. The highest BCUT2D eigenvalue weighted by Gasteiger charge is 2.19. The van der Waals surface area contributed by atoms with Gasteiger partial charge in [-0.05, 0) is 25.5 Å². The van der Waals surface area contributed by atoms with Crippen molar-refractivity contribution >= 4 is 23.4 Å². The van der Waals surface area contributed by atoms with Crippen LogP contribution in [0.3, 0.4) is 0 Å². The summed E-state index contributed by atoms with van der Waals surface area (Å²) in [6, 6.07) is 3.12. The molecule has 2 aromatic rings. The minimum absolute atomic E-state index is 0.161. The number of carbonyl (C=O) groups is 1. The Morgan fingerprint density at radius 1 is 1.43 bits per heavy atom. The smallest absolute Gasteiger partial charge is 0.325 e. The largest absolute Gasteiger partial charge is 0.343 e. The minimum Gasteiger partial charge on any atom is -0.325 e. The summed E-state index contributed by atoms with van der Waals surface area (Å²) in [7, 11) is 0. The Balaban J connectivity index is 2.05. The van der Waals surface area contributed by atoms with Crippen LogP contribution in [0.15, 0.2) is 28.2 Å². The van der Waals surface area contributed by atoms with Crippen molar-refractivity contribution in [3.63, 3.8) is 0 Å². The maximum atomic E-state index is 13.1. The van der Waals surface area contributed by atoms with Crippen molar-refractivity contribution < 1.29 is 13.6 Å². The van der Waals surface area contributed by atoms with Crippen molar-refractivity contribution in [2.75, 3.05) is 5.32 Å². The second-order valence-corrected chi connectivity index (χ2v) is 6.15. The predicted molar refractivity (Wildman–Crippen MR) is 83.4 cm³/mol. The number of halogens is 2. The van der Waals surface area contributed by atoms with Crippen molar-refractivity contribution in [3.05, 3.63) is 40.3 Å². The zero-order valence-corrected chi connectivity index (χ0v) is 13.4. The molecule has 0 unspecified atom stereocenters. The van der Waals surface area contributed by atoms with Crippen molar-refractivity contribution in [1.29, 1.82) is 0 Å². The molecule has 0 saturated carbocycles. The zero-order chi connectivity index (χ0) is 17.0. The minimum atomic E-state index is -1.04. The van der Waals surface area contributed by atoms with E-state index in [0.29, 0.717) is 11.7 Å². The molecule has 0 aliphatic carbocycles. The molecule has 2 rings (SSSR count). The van der Waals surface area contributed by atoms with Crippen molar-refractivity contribution in [2.24, 2.45) is 0 Å². The summed E-state index contributed by atoms with van der Waals surface area (Å²) < 4.78 is 27.5. The average molecular weight is 342 g/mol. The van der Waals surface area contributed by atoms with Gasteiger partial charge in [0, 0.05) is 18.3 Å². The topological polar surface area (TPSA) is 79.8 Å². The Morgan fingerprint density at radius 3 is 2.83 bits per heavy atom. The molecular weight excluding hydrogens is 326 g/mol. The lowest BCUT2D eigenvalue weighted by molar-refractivity contribution is -0.115. The third-order valence-electron chi connectivity index (χ3n) is 3.01. The van der Waals surface area contributed by atoms with Gasteiger partial charge in [0.1, 0.15) is 0 Å². The number of nitrogens with zero attached hydrogens (tertiary/aromatic N) is 2. The van der Waals surface area contributed by atoms with Crippen molar-refractivity contribution in [1.82, 2.24) is 14.8 Å².